The van der Waals surface area contributed by atoms with Crippen molar-refractivity contribution in [1.29, 1.82) is 0 Å². The molecule has 1 unspecified atom stereocenters. The van der Waals surface area contributed by atoms with Gasteiger partial charge in [-0.15, -0.1) is 0 Å². The highest BCUT2D eigenvalue weighted by atomic mass is 16.6. The molecule has 98 valence electrons. The molecule has 1 fully saturated rings. The minimum atomic E-state index is -0.459. The second kappa shape index (κ2) is 5.18. The molecule has 2 rings (SSSR count). The van der Waals surface area contributed by atoms with E-state index in [0.717, 1.165) is 13.0 Å². The van der Waals surface area contributed by atoms with Crippen molar-refractivity contribution < 1.29 is 9.66 Å². The van der Waals surface area contributed by atoms with Crippen LogP contribution in [0.4, 0.5) is 17.3 Å². The van der Waals surface area contributed by atoms with Crippen LogP contribution in [0, 0.1) is 10.1 Å². The zero-order valence-corrected chi connectivity index (χ0v) is 10.2. The Morgan fingerprint density at radius 3 is 3.11 bits per heavy atom. The van der Waals surface area contributed by atoms with Gasteiger partial charge in [-0.3, -0.25) is 10.1 Å². The molecule has 1 aromatic heterocycles. The van der Waals surface area contributed by atoms with Crippen molar-refractivity contribution in [2.75, 3.05) is 30.3 Å². The van der Waals surface area contributed by atoms with Crippen LogP contribution in [0.3, 0.4) is 0 Å². The quantitative estimate of drug-likeness (QED) is 0.627. The zero-order chi connectivity index (χ0) is 13.1. The third-order valence-corrected chi connectivity index (χ3v) is 2.80. The van der Waals surface area contributed by atoms with Crippen LogP contribution in [-0.2, 0) is 4.74 Å². The van der Waals surface area contributed by atoms with Crippen molar-refractivity contribution in [2.24, 2.45) is 0 Å². The zero-order valence-electron chi connectivity index (χ0n) is 10.2. The van der Waals surface area contributed by atoms with Gasteiger partial charge in [0.2, 0.25) is 0 Å². The van der Waals surface area contributed by atoms with Crippen molar-refractivity contribution in [3.63, 3.8) is 0 Å². The Balaban J connectivity index is 2.28. The van der Waals surface area contributed by atoms with Gasteiger partial charge in [-0.2, -0.15) is 0 Å². The van der Waals surface area contributed by atoms with Gasteiger partial charge in [0.15, 0.2) is 0 Å². The number of aromatic nitrogens is 1. The Kier molecular flexibility index (Phi) is 3.61. The van der Waals surface area contributed by atoms with E-state index in [2.05, 4.69) is 4.98 Å². The number of nitrogen functional groups attached to an aromatic ring is 1. The van der Waals surface area contributed by atoms with Crippen LogP contribution in [0.1, 0.15) is 13.3 Å². The Labute approximate surface area is 105 Å². The summed E-state index contributed by atoms with van der Waals surface area (Å²) in [5, 5.41) is 10.8. The maximum atomic E-state index is 10.8. The van der Waals surface area contributed by atoms with E-state index in [4.69, 9.17) is 10.5 Å². The minimum Gasteiger partial charge on any atom is -0.383 e. The lowest BCUT2D eigenvalue weighted by Gasteiger charge is -2.23. The topological polar surface area (TPSA) is 94.5 Å². The van der Waals surface area contributed by atoms with Crippen LogP contribution in [-0.4, -0.2) is 35.7 Å². The average Bonchev–Trinajstić information content (AvgIpc) is 2.53. The fourth-order valence-electron chi connectivity index (χ4n) is 1.99. The fraction of sp³-hybridized carbons (Fsp3) is 0.545. The molecule has 0 spiro atoms. The molecule has 2 N–H and O–H groups in total. The Bertz CT molecular complexity index is 452. The van der Waals surface area contributed by atoms with Crippen LogP contribution in [0.2, 0.25) is 0 Å². The minimum absolute atomic E-state index is 0.0321. The molecule has 1 saturated heterocycles. The summed E-state index contributed by atoms with van der Waals surface area (Å²) >= 11 is 0. The molecule has 0 amide bonds. The third kappa shape index (κ3) is 2.86. The van der Waals surface area contributed by atoms with Crippen molar-refractivity contribution in [2.45, 2.75) is 19.4 Å². The van der Waals surface area contributed by atoms with Gasteiger partial charge < -0.3 is 15.4 Å². The normalized spacial score (nSPS) is 20.5. The number of rotatable bonds is 2. The first-order chi connectivity index (χ1) is 8.56. The highest BCUT2D eigenvalue weighted by Gasteiger charge is 2.19. The van der Waals surface area contributed by atoms with E-state index in [1.54, 1.807) is 0 Å². The standard InChI is InChI=1S/C11H16N4O3/c1-8-7-14(3-2-4-18-8)11-6-9(15(16)17)5-10(12)13-11/h5-6,8H,2-4,7H2,1H3,(H2,12,13). The molecule has 0 aromatic carbocycles. The molecule has 1 atom stereocenters. The maximum Gasteiger partial charge on any atom is 0.276 e. The predicted octanol–water partition coefficient (Wildman–Crippen LogP) is 1.19. The fourth-order valence-corrected chi connectivity index (χ4v) is 1.99. The summed E-state index contributed by atoms with van der Waals surface area (Å²) in [6.07, 6.45) is 0.948. The van der Waals surface area contributed by atoms with Gasteiger partial charge >= 0.3 is 0 Å². The molecule has 0 aliphatic carbocycles. The first-order valence-electron chi connectivity index (χ1n) is 5.85. The number of nitrogens with two attached hydrogens (primary N) is 1. The van der Waals surface area contributed by atoms with E-state index in [0.29, 0.717) is 19.0 Å². The van der Waals surface area contributed by atoms with Crippen LogP contribution in [0.25, 0.3) is 0 Å². The van der Waals surface area contributed by atoms with Crippen molar-refractivity contribution in [3.8, 4) is 0 Å². The lowest BCUT2D eigenvalue weighted by Crippen LogP contribution is -2.31. The Morgan fingerprint density at radius 1 is 1.61 bits per heavy atom. The van der Waals surface area contributed by atoms with E-state index in [-0.39, 0.29) is 17.6 Å². The monoisotopic (exact) mass is 252 g/mol. The van der Waals surface area contributed by atoms with Gasteiger partial charge in [0.25, 0.3) is 5.69 Å². The molecule has 7 nitrogen and oxygen atoms in total. The predicted molar refractivity (Wildman–Crippen MR) is 67.5 cm³/mol. The first kappa shape index (κ1) is 12.6. The number of nitro groups is 1. The molecular formula is C11H16N4O3. The Hall–Kier alpha value is -1.89. The molecule has 1 aliphatic rings. The number of nitrogens with zero attached hydrogens (tertiary/aromatic N) is 3. The number of pyridine rings is 1. The molecule has 0 radical (unpaired) electrons. The number of anilines is 2. The van der Waals surface area contributed by atoms with Gasteiger partial charge in [-0.25, -0.2) is 4.98 Å². The Morgan fingerprint density at radius 2 is 2.39 bits per heavy atom. The lowest BCUT2D eigenvalue weighted by atomic mass is 10.3. The van der Waals surface area contributed by atoms with Gasteiger partial charge in [0.1, 0.15) is 11.6 Å². The second-order valence-electron chi connectivity index (χ2n) is 4.35. The van der Waals surface area contributed by atoms with Crippen LogP contribution in [0.5, 0.6) is 0 Å². The molecule has 1 aromatic rings. The summed E-state index contributed by atoms with van der Waals surface area (Å²) in [5.74, 6) is 0.705. The summed E-state index contributed by atoms with van der Waals surface area (Å²) in [6.45, 7) is 4.09. The number of ether oxygens (including phenoxy) is 1. The van der Waals surface area contributed by atoms with Crippen LogP contribution in [0.15, 0.2) is 12.1 Å². The maximum absolute atomic E-state index is 10.8. The highest BCUT2D eigenvalue weighted by Crippen LogP contribution is 2.23. The van der Waals surface area contributed by atoms with Gasteiger partial charge in [0.05, 0.1) is 23.2 Å². The molecule has 2 heterocycles. The summed E-state index contributed by atoms with van der Waals surface area (Å²) in [4.78, 5) is 16.5. The first-order valence-corrected chi connectivity index (χ1v) is 5.85. The lowest BCUT2D eigenvalue weighted by molar-refractivity contribution is -0.384. The van der Waals surface area contributed by atoms with E-state index in [1.807, 2.05) is 11.8 Å². The average molecular weight is 252 g/mol. The van der Waals surface area contributed by atoms with E-state index >= 15 is 0 Å². The van der Waals surface area contributed by atoms with E-state index in [9.17, 15) is 10.1 Å². The highest BCUT2D eigenvalue weighted by molar-refractivity contribution is 5.54. The van der Waals surface area contributed by atoms with Crippen molar-refractivity contribution in [3.05, 3.63) is 22.2 Å². The number of hydrogen-bond donors (Lipinski definition) is 1. The molecule has 1 aliphatic heterocycles. The largest absolute Gasteiger partial charge is 0.383 e. The number of hydrogen-bond acceptors (Lipinski definition) is 6. The summed E-state index contributed by atoms with van der Waals surface area (Å²) in [7, 11) is 0. The summed E-state index contributed by atoms with van der Waals surface area (Å²) in [6, 6.07) is 2.72. The smallest absolute Gasteiger partial charge is 0.276 e. The summed E-state index contributed by atoms with van der Waals surface area (Å²) < 4.78 is 5.53. The van der Waals surface area contributed by atoms with E-state index < -0.39 is 4.92 Å². The molecule has 0 bridgehead atoms. The molecule has 7 heteroatoms. The van der Waals surface area contributed by atoms with Crippen LogP contribution >= 0.6 is 0 Å². The second-order valence-corrected chi connectivity index (χ2v) is 4.35. The molecule has 0 saturated carbocycles. The SMILES string of the molecule is CC1CN(c2cc([N+](=O)[O-])cc(N)n2)CCCO1. The summed E-state index contributed by atoms with van der Waals surface area (Å²) in [5.41, 5.74) is 5.57. The van der Waals surface area contributed by atoms with E-state index in [1.165, 1.54) is 12.1 Å². The van der Waals surface area contributed by atoms with Crippen molar-refractivity contribution in [1.82, 2.24) is 4.98 Å². The van der Waals surface area contributed by atoms with Crippen LogP contribution < -0.4 is 10.6 Å². The van der Waals surface area contributed by atoms with Gasteiger partial charge in [-0.05, 0) is 13.3 Å². The molecular weight excluding hydrogens is 236 g/mol. The van der Waals surface area contributed by atoms with Gasteiger partial charge in [-0.1, -0.05) is 0 Å². The van der Waals surface area contributed by atoms with Crippen molar-refractivity contribution >= 4 is 17.3 Å². The molecule has 18 heavy (non-hydrogen) atoms. The van der Waals surface area contributed by atoms with Gasteiger partial charge in [0, 0.05) is 19.7 Å². The third-order valence-electron chi connectivity index (χ3n) is 2.80.